The summed E-state index contributed by atoms with van der Waals surface area (Å²) < 4.78 is 16.4. The third kappa shape index (κ3) is 13.9. The van der Waals surface area contributed by atoms with Crippen molar-refractivity contribution in [2.24, 2.45) is 11.7 Å². The monoisotopic (exact) mass is 625 g/mol. The molecule has 7 nitrogen and oxygen atoms in total. The molecular formula is C37H56FN3O4. The predicted molar refractivity (Wildman–Crippen MR) is 183 cm³/mol. The lowest BCUT2D eigenvalue weighted by Crippen LogP contribution is -2.11. The molecule has 3 aromatic rings. The van der Waals surface area contributed by atoms with Crippen LogP contribution in [-0.4, -0.2) is 39.7 Å². The number of nitrogens with two attached hydrogens (primary N) is 1. The van der Waals surface area contributed by atoms with Gasteiger partial charge in [0.05, 0.1) is 0 Å². The number of Topliss-reactive ketones (excluding diaryl/α,β-unsaturated/α-hetero) is 1. The number of aliphatic hydroxyl groups is 1. The lowest BCUT2D eigenvalue weighted by molar-refractivity contribution is -0.117. The van der Waals surface area contributed by atoms with Crippen LogP contribution in [0.1, 0.15) is 117 Å². The molecule has 0 unspecified atom stereocenters. The number of primary amides is 1. The van der Waals surface area contributed by atoms with Gasteiger partial charge in [-0.25, -0.2) is 9.37 Å². The maximum atomic E-state index is 14.4. The Morgan fingerprint density at radius 3 is 2.00 bits per heavy atom. The van der Waals surface area contributed by atoms with Crippen molar-refractivity contribution in [3.63, 3.8) is 0 Å². The molecule has 45 heavy (non-hydrogen) atoms. The minimum atomic E-state index is -0.454. The van der Waals surface area contributed by atoms with Crippen LogP contribution in [0, 0.1) is 39.4 Å². The summed E-state index contributed by atoms with van der Waals surface area (Å²) >= 11 is 0. The fourth-order valence-corrected chi connectivity index (χ4v) is 4.99. The average Bonchev–Trinajstić information content (AvgIpc) is 3.38. The van der Waals surface area contributed by atoms with E-state index in [1.54, 1.807) is 20.0 Å². The molecule has 250 valence electrons. The highest BCUT2D eigenvalue weighted by atomic mass is 19.1. The number of halogens is 1. The van der Waals surface area contributed by atoms with E-state index in [0.717, 1.165) is 62.6 Å². The number of hydrogen-bond acceptors (Lipinski definition) is 5. The quantitative estimate of drug-likeness (QED) is 0.210. The Bertz CT molecular complexity index is 1360. The second kappa shape index (κ2) is 21.2. The van der Waals surface area contributed by atoms with E-state index in [-0.39, 0.29) is 11.7 Å². The van der Waals surface area contributed by atoms with E-state index in [4.69, 9.17) is 10.8 Å². The minimum absolute atomic E-state index is 0.109. The first-order chi connectivity index (χ1) is 21.2. The van der Waals surface area contributed by atoms with Crippen LogP contribution < -0.4 is 5.73 Å². The summed E-state index contributed by atoms with van der Waals surface area (Å²) in [7, 11) is 1.00. The Morgan fingerprint density at radius 1 is 1.00 bits per heavy atom. The Hall–Kier alpha value is -3.65. The molecule has 1 heterocycles. The number of benzene rings is 2. The standard InChI is InChI=1S/C20H23FO.C9H15N3O.C7H14O.CH4O/c1-12-8-14(3)19(15(4)9-12)17-10-16(5)20(21)18(11-17)13(2)6-7-22;1-3-5-12-6-7(9(10)13)11-8(12)4-2;1-6(2)4-5-7(3)8;1-2/h7-11,13H,6H2,1-5H3;6H,3-5H2,1-2H3,(H2,10,13);6H,4-5H2,1-3H3;2H,1H3/t13-;;;/m0.../s1. The summed E-state index contributed by atoms with van der Waals surface area (Å²) in [6, 6.07) is 8.10. The minimum Gasteiger partial charge on any atom is -0.400 e. The normalized spacial score (nSPS) is 10.9. The van der Waals surface area contributed by atoms with Gasteiger partial charge in [-0.3, -0.25) is 4.79 Å². The number of nitrogens with zero attached hydrogens (tertiary/aromatic N) is 2. The first-order valence-corrected chi connectivity index (χ1v) is 15.8. The van der Waals surface area contributed by atoms with E-state index in [0.29, 0.717) is 34.9 Å². The summed E-state index contributed by atoms with van der Waals surface area (Å²) in [4.78, 5) is 36.1. The highest BCUT2D eigenvalue weighted by molar-refractivity contribution is 5.90. The summed E-state index contributed by atoms with van der Waals surface area (Å²) in [6.45, 7) is 20.8. The van der Waals surface area contributed by atoms with Crippen LogP contribution in [0.25, 0.3) is 11.1 Å². The van der Waals surface area contributed by atoms with Crippen molar-refractivity contribution in [2.45, 2.75) is 114 Å². The molecule has 0 bridgehead atoms. The van der Waals surface area contributed by atoms with Crippen molar-refractivity contribution in [3.05, 3.63) is 75.6 Å². The number of rotatable bonds is 11. The van der Waals surface area contributed by atoms with Gasteiger partial charge in [-0.05, 0) is 105 Å². The SMILES string of the molecule is CC(=O)CCC(C)C.CCCn1cc(C(N)=O)nc1CC.CO.Cc1cc(C)c(-c2cc(C)c(F)c([C@@H](C)CC=O)c2)c(C)c1. The molecule has 2 aromatic carbocycles. The van der Waals surface area contributed by atoms with E-state index in [2.05, 4.69) is 58.7 Å². The Balaban J connectivity index is 0.000000712. The van der Waals surface area contributed by atoms with E-state index >= 15 is 0 Å². The summed E-state index contributed by atoms with van der Waals surface area (Å²) in [5.74, 6) is 1.14. The Morgan fingerprint density at radius 2 is 1.58 bits per heavy atom. The number of aliphatic hydroxyl groups excluding tert-OH is 1. The zero-order valence-corrected chi connectivity index (χ0v) is 29.4. The molecule has 8 heteroatoms. The molecule has 0 aliphatic heterocycles. The van der Waals surface area contributed by atoms with Crippen molar-refractivity contribution in [3.8, 4) is 11.1 Å². The van der Waals surface area contributed by atoms with Crippen LogP contribution in [0.4, 0.5) is 4.39 Å². The van der Waals surface area contributed by atoms with Crippen LogP contribution in [0.15, 0.2) is 30.5 Å². The fourth-order valence-electron chi connectivity index (χ4n) is 4.99. The van der Waals surface area contributed by atoms with Crippen LogP contribution in [0.3, 0.4) is 0 Å². The summed E-state index contributed by atoms with van der Waals surface area (Å²) in [5, 5.41) is 7.00. The molecule has 0 saturated heterocycles. The van der Waals surface area contributed by atoms with Crippen molar-refractivity contribution >= 4 is 18.0 Å². The number of aryl methyl sites for hydroxylation is 6. The zero-order valence-electron chi connectivity index (χ0n) is 29.4. The smallest absolute Gasteiger partial charge is 0.268 e. The molecule has 0 aliphatic carbocycles. The van der Waals surface area contributed by atoms with Crippen LogP contribution in [0.5, 0.6) is 0 Å². The van der Waals surface area contributed by atoms with Gasteiger partial charge in [0.2, 0.25) is 0 Å². The van der Waals surface area contributed by atoms with E-state index in [1.807, 2.05) is 30.5 Å². The molecule has 1 atom stereocenters. The number of hydrogen-bond donors (Lipinski definition) is 2. The number of imidazole rings is 1. The lowest BCUT2D eigenvalue weighted by atomic mass is 9.88. The number of aromatic nitrogens is 2. The third-order valence-electron chi connectivity index (χ3n) is 7.20. The van der Waals surface area contributed by atoms with Gasteiger partial charge < -0.3 is 25.0 Å². The maximum Gasteiger partial charge on any atom is 0.268 e. The van der Waals surface area contributed by atoms with Crippen molar-refractivity contribution in [2.75, 3.05) is 7.11 Å². The topological polar surface area (TPSA) is 115 Å². The molecule has 3 N–H and O–H groups in total. The van der Waals surface area contributed by atoms with Crippen LogP contribution in [0.2, 0.25) is 0 Å². The first-order valence-electron chi connectivity index (χ1n) is 15.8. The number of aldehydes is 1. The van der Waals surface area contributed by atoms with E-state index in [1.165, 1.54) is 16.7 Å². The molecule has 0 spiro atoms. The van der Waals surface area contributed by atoms with Gasteiger partial charge in [0, 0.05) is 39.1 Å². The molecule has 3 rings (SSSR count). The molecule has 0 radical (unpaired) electrons. The maximum absolute atomic E-state index is 14.4. The third-order valence-corrected chi connectivity index (χ3v) is 7.20. The second-order valence-electron chi connectivity index (χ2n) is 11.9. The molecule has 0 fully saturated rings. The molecule has 0 aliphatic rings. The van der Waals surface area contributed by atoms with Crippen LogP contribution in [-0.2, 0) is 22.6 Å². The van der Waals surface area contributed by atoms with Gasteiger partial charge in [0.25, 0.3) is 5.91 Å². The molecule has 1 amide bonds. The summed E-state index contributed by atoms with van der Waals surface area (Å²) in [6.07, 6.45) is 6.56. The predicted octanol–water partition coefficient (Wildman–Crippen LogP) is 7.99. The van der Waals surface area contributed by atoms with Gasteiger partial charge in [0.1, 0.15) is 29.4 Å². The fraction of sp³-hybridized carbons (Fsp3) is 0.514. The summed E-state index contributed by atoms with van der Waals surface area (Å²) in [5.41, 5.74) is 12.6. The van der Waals surface area contributed by atoms with E-state index < -0.39 is 5.91 Å². The van der Waals surface area contributed by atoms with Crippen molar-refractivity contribution in [1.29, 1.82) is 0 Å². The number of ketones is 1. The lowest BCUT2D eigenvalue weighted by Gasteiger charge is -2.17. The van der Waals surface area contributed by atoms with Crippen molar-refractivity contribution < 1.29 is 23.9 Å². The Kier molecular flexibility index (Phi) is 19.4. The Labute approximate surface area is 270 Å². The van der Waals surface area contributed by atoms with Gasteiger partial charge in [-0.1, -0.05) is 52.3 Å². The van der Waals surface area contributed by atoms with Gasteiger partial charge >= 0.3 is 0 Å². The largest absolute Gasteiger partial charge is 0.400 e. The van der Waals surface area contributed by atoms with E-state index in [9.17, 15) is 18.8 Å². The number of carbonyl (C=O) groups is 3. The molecule has 0 saturated carbocycles. The van der Waals surface area contributed by atoms with Gasteiger partial charge in [-0.2, -0.15) is 0 Å². The highest BCUT2D eigenvalue weighted by Crippen LogP contribution is 2.34. The molecular weight excluding hydrogens is 569 g/mol. The average molecular weight is 626 g/mol. The molecule has 1 aromatic heterocycles. The van der Waals surface area contributed by atoms with Crippen LogP contribution >= 0.6 is 0 Å². The first kappa shape index (κ1) is 41.4. The van der Waals surface area contributed by atoms with Crippen molar-refractivity contribution in [1.82, 2.24) is 9.55 Å². The zero-order chi connectivity index (χ0) is 34.9. The van der Waals surface area contributed by atoms with Gasteiger partial charge in [0.15, 0.2) is 0 Å². The number of carbonyl (C=O) groups excluding carboxylic acids is 3. The van der Waals surface area contributed by atoms with Gasteiger partial charge in [-0.15, -0.1) is 0 Å². The second-order valence-corrected chi connectivity index (χ2v) is 11.9. The highest BCUT2D eigenvalue weighted by Gasteiger charge is 2.17. The number of amides is 1.